The minimum absolute atomic E-state index is 0.0387. The Bertz CT molecular complexity index is 654. The predicted molar refractivity (Wildman–Crippen MR) is 92.5 cm³/mol. The first-order valence-corrected chi connectivity index (χ1v) is 7.45. The number of carbonyl (C=O) groups excluding carboxylic acids is 1. The van der Waals surface area contributed by atoms with Crippen molar-refractivity contribution in [3.05, 3.63) is 48.0 Å². The Morgan fingerprint density at radius 2 is 1.78 bits per heavy atom. The summed E-state index contributed by atoms with van der Waals surface area (Å²) in [6.45, 7) is 2.51. The lowest BCUT2D eigenvalue weighted by Gasteiger charge is -2.12. The van der Waals surface area contributed by atoms with Crippen molar-refractivity contribution in [3.63, 3.8) is 0 Å². The second-order valence-electron chi connectivity index (χ2n) is 5.16. The Morgan fingerprint density at radius 1 is 1.04 bits per heavy atom. The van der Waals surface area contributed by atoms with E-state index >= 15 is 0 Å². The van der Waals surface area contributed by atoms with Crippen LogP contribution in [0.1, 0.15) is 12.0 Å². The van der Waals surface area contributed by atoms with Crippen LogP contribution in [0.25, 0.3) is 0 Å². The summed E-state index contributed by atoms with van der Waals surface area (Å²) in [6.07, 6.45) is 0.355. The summed E-state index contributed by atoms with van der Waals surface area (Å²) in [4.78, 5) is 12.0. The first-order valence-electron chi connectivity index (χ1n) is 7.45. The van der Waals surface area contributed by atoms with Crippen molar-refractivity contribution in [2.45, 2.75) is 13.3 Å². The van der Waals surface area contributed by atoms with Gasteiger partial charge in [0.1, 0.15) is 11.5 Å². The van der Waals surface area contributed by atoms with E-state index in [1.165, 1.54) is 0 Å². The van der Waals surface area contributed by atoms with Crippen LogP contribution in [0.3, 0.4) is 0 Å². The summed E-state index contributed by atoms with van der Waals surface area (Å²) in [5, 5.41) is 6.07. The fourth-order valence-corrected chi connectivity index (χ4v) is 2.12. The standard InChI is InChI=1S/C18H22N2O3/c1-13-4-6-14(7-5-13)20-18(21)10-11-19-16-12-15(22-2)8-9-17(16)23-3/h4-9,12,19H,10-11H2,1-3H3,(H,20,21). The molecule has 0 fully saturated rings. The Hall–Kier alpha value is -2.69. The van der Waals surface area contributed by atoms with Crippen LogP contribution < -0.4 is 20.1 Å². The van der Waals surface area contributed by atoms with Gasteiger partial charge in [0.2, 0.25) is 5.91 Å². The van der Waals surface area contributed by atoms with E-state index in [1.54, 1.807) is 14.2 Å². The highest BCUT2D eigenvalue weighted by atomic mass is 16.5. The van der Waals surface area contributed by atoms with E-state index in [1.807, 2.05) is 49.4 Å². The summed E-state index contributed by atoms with van der Waals surface area (Å²) < 4.78 is 10.5. The zero-order chi connectivity index (χ0) is 16.7. The molecule has 2 rings (SSSR count). The fourth-order valence-electron chi connectivity index (χ4n) is 2.12. The lowest BCUT2D eigenvalue weighted by molar-refractivity contribution is -0.115. The first kappa shape index (κ1) is 16.7. The molecule has 0 saturated heterocycles. The van der Waals surface area contributed by atoms with Crippen molar-refractivity contribution >= 4 is 17.3 Å². The molecule has 2 aromatic carbocycles. The van der Waals surface area contributed by atoms with Gasteiger partial charge in [-0.2, -0.15) is 0 Å². The van der Waals surface area contributed by atoms with Crippen LogP contribution in [0, 0.1) is 6.92 Å². The number of hydrogen-bond donors (Lipinski definition) is 2. The molecular weight excluding hydrogens is 292 g/mol. The molecule has 0 spiro atoms. The van der Waals surface area contributed by atoms with E-state index in [2.05, 4.69) is 10.6 Å². The van der Waals surface area contributed by atoms with Crippen LogP contribution in [0.15, 0.2) is 42.5 Å². The van der Waals surface area contributed by atoms with E-state index < -0.39 is 0 Å². The van der Waals surface area contributed by atoms with E-state index in [-0.39, 0.29) is 5.91 Å². The number of nitrogens with one attached hydrogen (secondary N) is 2. The lowest BCUT2D eigenvalue weighted by atomic mass is 10.2. The average Bonchev–Trinajstić information content (AvgIpc) is 2.57. The number of anilines is 2. The molecule has 0 aliphatic heterocycles. The smallest absolute Gasteiger partial charge is 0.226 e. The molecule has 5 nitrogen and oxygen atoms in total. The Kier molecular flexibility index (Phi) is 5.86. The van der Waals surface area contributed by atoms with Crippen LogP contribution in [-0.2, 0) is 4.79 Å². The highest BCUT2D eigenvalue weighted by Gasteiger charge is 2.06. The van der Waals surface area contributed by atoms with Crippen molar-refractivity contribution < 1.29 is 14.3 Å². The summed E-state index contributed by atoms with van der Waals surface area (Å²) in [5.74, 6) is 1.41. The molecule has 23 heavy (non-hydrogen) atoms. The van der Waals surface area contributed by atoms with Crippen molar-refractivity contribution in [1.82, 2.24) is 0 Å². The minimum Gasteiger partial charge on any atom is -0.497 e. The second kappa shape index (κ2) is 8.08. The van der Waals surface area contributed by atoms with Gasteiger partial charge in [0, 0.05) is 24.7 Å². The Morgan fingerprint density at radius 3 is 2.43 bits per heavy atom. The monoisotopic (exact) mass is 314 g/mol. The number of hydrogen-bond acceptors (Lipinski definition) is 4. The summed E-state index contributed by atoms with van der Waals surface area (Å²) >= 11 is 0. The number of aryl methyl sites for hydroxylation is 1. The molecule has 0 heterocycles. The van der Waals surface area contributed by atoms with E-state index in [9.17, 15) is 4.79 Å². The van der Waals surface area contributed by atoms with Gasteiger partial charge in [0.15, 0.2) is 0 Å². The molecule has 0 aliphatic carbocycles. The molecule has 0 atom stereocenters. The Labute approximate surface area is 136 Å². The quantitative estimate of drug-likeness (QED) is 0.822. The molecule has 0 bridgehead atoms. The molecule has 1 amide bonds. The van der Waals surface area contributed by atoms with Gasteiger partial charge in [-0.05, 0) is 31.2 Å². The third-order valence-corrected chi connectivity index (χ3v) is 3.41. The van der Waals surface area contributed by atoms with Crippen LogP contribution in [0.4, 0.5) is 11.4 Å². The summed E-state index contributed by atoms with van der Waals surface area (Å²) in [5.41, 5.74) is 2.77. The zero-order valence-electron chi connectivity index (χ0n) is 13.7. The highest BCUT2D eigenvalue weighted by molar-refractivity contribution is 5.91. The van der Waals surface area contributed by atoms with Crippen molar-refractivity contribution in [3.8, 4) is 11.5 Å². The molecule has 0 unspecified atom stereocenters. The number of carbonyl (C=O) groups is 1. The topological polar surface area (TPSA) is 59.6 Å². The average molecular weight is 314 g/mol. The Balaban J connectivity index is 1.86. The minimum atomic E-state index is -0.0387. The molecule has 2 aromatic rings. The number of methoxy groups -OCH3 is 2. The van der Waals surface area contributed by atoms with Gasteiger partial charge in [-0.25, -0.2) is 0 Å². The van der Waals surface area contributed by atoms with Gasteiger partial charge in [-0.15, -0.1) is 0 Å². The van der Waals surface area contributed by atoms with Gasteiger partial charge in [-0.1, -0.05) is 17.7 Å². The van der Waals surface area contributed by atoms with Gasteiger partial charge in [0.05, 0.1) is 19.9 Å². The number of benzene rings is 2. The third kappa shape index (κ3) is 4.92. The van der Waals surface area contributed by atoms with E-state index in [0.29, 0.717) is 18.7 Å². The lowest BCUT2D eigenvalue weighted by Crippen LogP contribution is -2.16. The third-order valence-electron chi connectivity index (χ3n) is 3.41. The molecule has 5 heteroatoms. The molecule has 2 N–H and O–H groups in total. The summed E-state index contributed by atoms with van der Waals surface area (Å²) in [7, 11) is 3.22. The second-order valence-corrected chi connectivity index (χ2v) is 5.16. The van der Waals surface area contributed by atoms with E-state index in [4.69, 9.17) is 9.47 Å². The van der Waals surface area contributed by atoms with Crippen LogP contribution in [0.5, 0.6) is 11.5 Å². The van der Waals surface area contributed by atoms with Gasteiger partial charge in [-0.3, -0.25) is 4.79 Å². The number of ether oxygens (including phenoxy) is 2. The predicted octanol–water partition coefficient (Wildman–Crippen LogP) is 3.45. The maximum Gasteiger partial charge on any atom is 0.226 e. The molecule has 0 radical (unpaired) electrons. The first-order chi connectivity index (χ1) is 11.1. The van der Waals surface area contributed by atoms with Crippen LogP contribution in [0.2, 0.25) is 0 Å². The maximum atomic E-state index is 12.0. The molecule has 0 aliphatic rings. The molecule has 0 aromatic heterocycles. The number of amides is 1. The van der Waals surface area contributed by atoms with Crippen molar-refractivity contribution in [1.29, 1.82) is 0 Å². The molecule has 122 valence electrons. The largest absolute Gasteiger partial charge is 0.497 e. The van der Waals surface area contributed by atoms with Crippen molar-refractivity contribution in [2.75, 3.05) is 31.4 Å². The number of rotatable bonds is 7. The maximum absolute atomic E-state index is 12.0. The highest BCUT2D eigenvalue weighted by Crippen LogP contribution is 2.28. The van der Waals surface area contributed by atoms with Gasteiger partial charge >= 0.3 is 0 Å². The van der Waals surface area contributed by atoms with Crippen LogP contribution in [-0.4, -0.2) is 26.7 Å². The van der Waals surface area contributed by atoms with Crippen molar-refractivity contribution in [2.24, 2.45) is 0 Å². The van der Waals surface area contributed by atoms with E-state index in [0.717, 1.165) is 22.7 Å². The summed E-state index contributed by atoms with van der Waals surface area (Å²) in [6, 6.07) is 13.2. The molecule has 0 saturated carbocycles. The normalized spacial score (nSPS) is 10.0. The fraction of sp³-hybridized carbons (Fsp3) is 0.278. The zero-order valence-corrected chi connectivity index (χ0v) is 13.7. The van der Waals surface area contributed by atoms with Gasteiger partial charge < -0.3 is 20.1 Å². The SMILES string of the molecule is COc1ccc(OC)c(NCCC(=O)Nc2ccc(C)cc2)c1. The molecular formula is C18H22N2O3. The van der Waals surface area contributed by atoms with Crippen LogP contribution >= 0.6 is 0 Å². The van der Waals surface area contributed by atoms with Gasteiger partial charge in [0.25, 0.3) is 0 Å².